The van der Waals surface area contributed by atoms with Crippen LogP contribution in [-0.4, -0.2) is 0 Å². The van der Waals surface area contributed by atoms with E-state index in [1.165, 1.54) is 27.8 Å². The van der Waals surface area contributed by atoms with Crippen LogP contribution in [0, 0.1) is 6.92 Å². The second-order valence-corrected chi connectivity index (χ2v) is 5.46. The normalized spacial score (nSPS) is 11.4. The van der Waals surface area contributed by atoms with Gasteiger partial charge in [0.05, 0.1) is 0 Å². The standard InChI is InChI=1S/C21H19N/c1-16-7-9-17(10-8-16)15-21(18-5-3-2-4-6-18)19-11-13-20(22)14-12-19/h2-15H,22H2,1H3/b21-15+. The Balaban J connectivity index is 2.10. The van der Waals surface area contributed by atoms with E-state index in [9.17, 15) is 0 Å². The lowest BCUT2D eigenvalue weighted by Crippen LogP contribution is -1.90. The average molecular weight is 285 g/mol. The van der Waals surface area contributed by atoms with Gasteiger partial charge in [0.25, 0.3) is 0 Å². The fourth-order valence-corrected chi connectivity index (χ4v) is 2.44. The Morgan fingerprint density at radius 2 is 1.32 bits per heavy atom. The number of aryl methyl sites for hydroxylation is 1. The Morgan fingerprint density at radius 1 is 0.727 bits per heavy atom. The van der Waals surface area contributed by atoms with Crippen molar-refractivity contribution in [3.8, 4) is 0 Å². The monoisotopic (exact) mass is 285 g/mol. The van der Waals surface area contributed by atoms with Crippen LogP contribution in [0.2, 0.25) is 0 Å². The number of nitrogen functional groups attached to an aromatic ring is 1. The van der Waals surface area contributed by atoms with Crippen molar-refractivity contribution in [1.82, 2.24) is 0 Å². The van der Waals surface area contributed by atoms with E-state index in [0.717, 1.165) is 5.69 Å². The van der Waals surface area contributed by atoms with Gasteiger partial charge in [-0.05, 0) is 47.4 Å². The van der Waals surface area contributed by atoms with E-state index in [2.05, 4.69) is 73.7 Å². The third kappa shape index (κ3) is 3.26. The van der Waals surface area contributed by atoms with E-state index >= 15 is 0 Å². The zero-order chi connectivity index (χ0) is 15.4. The molecule has 3 rings (SSSR count). The van der Waals surface area contributed by atoms with E-state index in [-0.39, 0.29) is 0 Å². The van der Waals surface area contributed by atoms with Gasteiger partial charge in [0, 0.05) is 5.69 Å². The van der Waals surface area contributed by atoms with Crippen molar-refractivity contribution in [2.24, 2.45) is 0 Å². The van der Waals surface area contributed by atoms with Crippen LogP contribution in [-0.2, 0) is 0 Å². The second kappa shape index (κ2) is 6.31. The first-order valence-corrected chi connectivity index (χ1v) is 7.42. The van der Waals surface area contributed by atoms with Crippen LogP contribution in [0.4, 0.5) is 5.69 Å². The van der Waals surface area contributed by atoms with Gasteiger partial charge in [-0.25, -0.2) is 0 Å². The molecule has 0 aliphatic carbocycles. The third-order valence-electron chi connectivity index (χ3n) is 3.69. The summed E-state index contributed by atoms with van der Waals surface area (Å²) < 4.78 is 0. The largest absolute Gasteiger partial charge is 0.399 e. The molecule has 0 bridgehead atoms. The zero-order valence-electron chi connectivity index (χ0n) is 12.7. The van der Waals surface area contributed by atoms with Gasteiger partial charge < -0.3 is 5.73 Å². The SMILES string of the molecule is Cc1ccc(/C=C(\c2ccccc2)c2ccc(N)cc2)cc1. The van der Waals surface area contributed by atoms with E-state index in [1.54, 1.807) is 0 Å². The van der Waals surface area contributed by atoms with Crippen molar-refractivity contribution in [3.05, 3.63) is 101 Å². The van der Waals surface area contributed by atoms with Crippen molar-refractivity contribution in [2.45, 2.75) is 6.92 Å². The topological polar surface area (TPSA) is 26.0 Å². The number of nitrogens with two attached hydrogens (primary N) is 1. The molecule has 0 aromatic heterocycles. The van der Waals surface area contributed by atoms with Gasteiger partial charge >= 0.3 is 0 Å². The summed E-state index contributed by atoms with van der Waals surface area (Å²) in [4.78, 5) is 0. The molecule has 3 aromatic rings. The highest BCUT2D eigenvalue weighted by molar-refractivity contribution is 5.91. The van der Waals surface area contributed by atoms with Crippen LogP contribution < -0.4 is 5.73 Å². The van der Waals surface area contributed by atoms with Gasteiger partial charge in [0.15, 0.2) is 0 Å². The van der Waals surface area contributed by atoms with Gasteiger partial charge in [-0.2, -0.15) is 0 Å². The number of hydrogen-bond donors (Lipinski definition) is 1. The van der Waals surface area contributed by atoms with Crippen LogP contribution >= 0.6 is 0 Å². The Hall–Kier alpha value is -2.80. The maximum absolute atomic E-state index is 5.82. The lowest BCUT2D eigenvalue weighted by atomic mass is 9.95. The van der Waals surface area contributed by atoms with Crippen LogP contribution in [0.15, 0.2) is 78.9 Å². The highest BCUT2D eigenvalue weighted by atomic mass is 14.5. The van der Waals surface area contributed by atoms with Crippen LogP contribution in [0.25, 0.3) is 11.6 Å². The Bertz CT molecular complexity index is 766. The summed E-state index contributed by atoms with van der Waals surface area (Å²) in [6, 6.07) is 27.0. The smallest absolute Gasteiger partial charge is 0.0314 e. The molecule has 0 aliphatic heterocycles. The van der Waals surface area contributed by atoms with Crippen molar-refractivity contribution in [3.63, 3.8) is 0 Å². The summed E-state index contributed by atoms with van der Waals surface area (Å²) in [5.74, 6) is 0. The molecule has 3 aromatic carbocycles. The predicted molar refractivity (Wildman–Crippen MR) is 95.4 cm³/mol. The summed E-state index contributed by atoms with van der Waals surface area (Å²) in [5, 5.41) is 0. The van der Waals surface area contributed by atoms with Crippen LogP contribution in [0.3, 0.4) is 0 Å². The molecule has 0 aliphatic rings. The van der Waals surface area contributed by atoms with E-state index in [0.29, 0.717) is 0 Å². The summed E-state index contributed by atoms with van der Waals surface area (Å²) in [7, 11) is 0. The summed E-state index contributed by atoms with van der Waals surface area (Å²) >= 11 is 0. The highest BCUT2D eigenvalue weighted by Gasteiger charge is 2.05. The Kier molecular flexibility index (Phi) is 4.06. The van der Waals surface area contributed by atoms with Gasteiger partial charge in [-0.3, -0.25) is 0 Å². The molecule has 1 nitrogen and oxygen atoms in total. The first-order chi connectivity index (χ1) is 10.7. The molecule has 0 unspecified atom stereocenters. The number of hydrogen-bond acceptors (Lipinski definition) is 1. The first kappa shape index (κ1) is 14.2. The maximum Gasteiger partial charge on any atom is 0.0314 e. The van der Waals surface area contributed by atoms with E-state index in [1.807, 2.05) is 18.2 Å². The molecule has 0 fully saturated rings. The predicted octanol–water partition coefficient (Wildman–Crippen LogP) is 5.17. The molecule has 0 saturated heterocycles. The molecule has 0 atom stereocenters. The molecule has 0 saturated carbocycles. The zero-order valence-corrected chi connectivity index (χ0v) is 12.7. The molecule has 22 heavy (non-hydrogen) atoms. The summed E-state index contributed by atoms with van der Waals surface area (Å²) in [6.07, 6.45) is 2.22. The Morgan fingerprint density at radius 3 is 1.95 bits per heavy atom. The molecule has 0 heterocycles. The van der Waals surface area contributed by atoms with Crippen molar-refractivity contribution in [1.29, 1.82) is 0 Å². The quantitative estimate of drug-likeness (QED) is 0.521. The minimum Gasteiger partial charge on any atom is -0.399 e. The van der Waals surface area contributed by atoms with Crippen LogP contribution in [0.5, 0.6) is 0 Å². The van der Waals surface area contributed by atoms with E-state index < -0.39 is 0 Å². The molecule has 0 amide bonds. The van der Waals surface area contributed by atoms with Gasteiger partial charge in [-0.15, -0.1) is 0 Å². The number of anilines is 1. The minimum absolute atomic E-state index is 0.784. The van der Waals surface area contributed by atoms with Crippen molar-refractivity contribution >= 4 is 17.3 Å². The minimum atomic E-state index is 0.784. The second-order valence-electron chi connectivity index (χ2n) is 5.46. The first-order valence-electron chi connectivity index (χ1n) is 7.42. The summed E-state index contributed by atoms with van der Waals surface area (Å²) in [5.41, 5.74) is 12.6. The van der Waals surface area contributed by atoms with Crippen molar-refractivity contribution < 1.29 is 0 Å². The lowest BCUT2D eigenvalue weighted by Gasteiger charge is -2.09. The third-order valence-corrected chi connectivity index (χ3v) is 3.69. The number of rotatable bonds is 3. The van der Waals surface area contributed by atoms with Crippen molar-refractivity contribution in [2.75, 3.05) is 5.73 Å². The van der Waals surface area contributed by atoms with Gasteiger partial charge in [0.1, 0.15) is 0 Å². The van der Waals surface area contributed by atoms with Gasteiger partial charge in [-0.1, -0.05) is 72.3 Å². The molecular formula is C21H19N. The van der Waals surface area contributed by atoms with E-state index in [4.69, 9.17) is 5.73 Å². The fraction of sp³-hybridized carbons (Fsp3) is 0.0476. The molecule has 0 spiro atoms. The summed E-state index contributed by atoms with van der Waals surface area (Å²) in [6.45, 7) is 2.10. The van der Waals surface area contributed by atoms with Crippen LogP contribution in [0.1, 0.15) is 22.3 Å². The number of benzene rings is 3. The lowest BCUT2D eigenvalue weighted by molar-refractivity contribution is 1.46. The molecule has 0 radical (unpaired) electrons. The average Bonchev–Trinajstić information content (AvgIpc) is 2.56. The maximum atomic E-state index is 5.82. The fourth-order valence-electron chi connectivity index (χ4n) is 2.44. The van der Waals surface area contributed by atoms with Gasteiger partial charge in [0.2, 0.25) is 0 Å². The Labute approximate surface area is 131 Å². The molecular weight excluding hydrogens is 266 g/mol. The molecule has 2 N–H and O–H groups in total. The molecule has 108 valence electrons. The molecule has 1 heteroatoms. The highest BCUT2D eigenvalue weighted by Crippen LogP contribution is 2.26.